The van der Waals surface area contributed by atoms with Crippen molar-refractivity contribution in [2.75, 3.05) is 0 Å². The molecular weight excluding hydrogens is 236 g/mol. The van der Waals surface area contributed by atoms with Crippen LogP contribution >= 0.6 is 15.9 Å². The standard InChI is InChI=1S/C8H11BrN2O2/c1-5(6(2)12)11-4-10-3-7(9)8(11)13/h3-6,12H,1-2H3. The van der Waals surface area contributed by atoms with Crippen LogP contribution in [0.15, 0.2) is 21.8 Å². The van der Waals surface area contributed by atoms with Crippen molar-refractivity contribution in [2.24, 2.45) is 0 Å². The van der Waals surface area contributed by atoms with Gasteiger partial charge < -0.3 is 5.11 Å². The lowest BCUT2D eigenvalue weighted by molar-refractivity contribution is 0.136. The number of hydrogen-bond donors (Lipinski definition) is 1. The van der Waals surface area contributed by atoms with Gasteiger partial charge in [-0.1, -0.05) is 0 Å². The summed E-state index contributed by atoms with van der Waals surface area (Å²) in [7, 11) is 0. The van der Waals surface area contributed by atoms with Crippen LogP contribution in [0.1, 0.15) is 19.9 Å². The molecule has 1 heterocycles. The molecule has 4 nitrogen and oxygen atoms in total. The summed E-state index contributed by atoms with van der Waals surface area (Å²) in [6, 6.07) is -0.266. The van der Waals surface area contributed by atoms with Crippen LogP contribution in [0.4, 0.5) is 0 Å². The van der Waals surface area contributed by atoms with Crippen LogP contribution in [0, 0.1) is 0 Å². The van der Waals surface area contributed by atoms with Gasteiger partial charge in [0.1, 0.15) is 4.47 Å². The lowest BCUT2D eigenvalue weighted by Gasteiger charge is -2.16. The zero-order chi connectivity index (χ0) is 10.0. The summed E-state index contributed by atoms with van der Waals surface area (Å²) < 4.78 is 1.80. The molecular formula is C8H11BrN2O2. The van der Waals surface area contributed by atoms with Gasteiger partial charge in [-0.05, 0) is 29.8 Å². The van der Waals surface area contributed by atoms with Gasteiger partial charge in [-0.2, -0.15) is 0 Å². The van der Waals surface area contributed by atoms with Crippen LogP contribution in [0.5, 0.6) is 0 Å². The fourth-order valence-electron chi connectivity index (χ4n) is 0.924. The molecule has 0 fully saturated rings. The zero-order valence-electron chi connectivity index (χ0n) is 7.44. The normalized spacial score (nSPS) is 15.4. The molecule has 1 N–H and O–H groups in total. The van der Waals surface area contributed by atoms with E-state index in [-0.39, 0.29) is 11.6 Å². The van der Waals surface area contributed by atoms with Gasteiger partial charge >= 0.3 is 0 Å². The molecule has 13 heavy (non-hydrogen) atoms. The smallest absolute Gasteiger partial charge is 0.267 e. The highest BCUT2D eigenvalue weighted by Crippen LogP contribution is 2.08. The van der Waals surface area contributed by atoms with Crippen LogP contribution in [-0.4, -0.2) is 20.8 Å². The van der Waals surface area contributed by atoms with Crippen LogP contribution < -0.4 is 5.56 Å². The average molecular weight is 247 g/mol. The second kappa shape index (κ2) is 4.02. The van der Waals surface area contributed by atoms with Gasteiger partial charge in [0, 0.05) is 6.20 Å². The van der Waals surface area contributed by atoms with E-state index in [4.69, 9.17) is 0 Å². The Morgan fingerprint density at radius 2 is 2.23 bits per heavy atom. The highest BCUT2D eigenvalue weighted by Gasteiger charge is 2.13. The summed E-state index contributed by atoms with van der Waals surface area (Å²) >= 11 is 3.09. The van der Waals surface area contributed by atoms with Gasteiger partial charge in [-0.25, -0.2) is 4.98 Å². The number of aliphatic hydroxyl groups excluding tert-OH is 1. The van der Waals surface area contributed by atoms with Crippen molar-refractivity contribution in [3.8, 4) is 0 Å². The molecule has 1 aromatic heterocycles. The molecule has 1 rings (SSSR count). The summed E-state index contributed by atoms with van der Waals surface area (Å²) in [5.41, 5.74) is -0.177. The van der Waals surface area contributed by atoms with Crippen molar-refractivity contribution in [1.82, 2.24) is 9.55 Å². The maximum Gasteiger partial charge on any atom is 0.267 e. The topological polar surface area (TPSA) is 55.1 Å². The van der Waals surface area contributed by atoms with Gasteiger partial charge in [0.25, 0.3) is 5.56 Å². The van der Waals surface area contributed by atoms with Crippen LogP contribution in [0.2, 0.25) is 0 Å². The Balaban J connectivity index is 3.16. The van der Waals surface area contributed by atoms with Gasteiger partial charge in [-0.15, -0.1) is 0 Å². The fraction of sp³-hybridized carbons (Fsp3) is 0.500. The van der Waals surface area contributed by atoms with Crippen molar-refractivity contribution in [3.05, 3.63) is 27.4 Å². The number of rotatable bonds is 2. The minimum absolute atomic E-state index is 0.177. The first kappa shape index (κ1) is 10.4. The first-order chi connectivity index (χ1) is 6.04. The molecule has 0 aromatic carbocycles. The number of aromatic nitrogens is 2. The van der Waals surface area contributed by atoms with Crippen molar-refractivity contribution in [1.29, 1.82) is 0 Å². The van der Waals surface area contributed by atoms with Crippen molar-refractivity contribution < 1.29 is 5.11 Å². The van der Waals surface area contributed by atoms with Crippen LogP contribution in [-0.2, 0) is 0 Å². The Bertz CT molecular complexity index is 348. The molecule has 0 spiro atoms. The van der Waals surface area contributed by atoms with E-state index in [1.165, 1.54) is 17.1 Å². The largest absolute Gasteiger partial charge is 0.391 e. The lowest BCUT2D eigenvalue weighted by atomic mass is 10.2. The molecule has 1 aromatic rings. The molecule has 0 saturated carbocycles. The van der Waals surface area contributed by atoms with E-state index in [2.05, 4.69) is 20.9 Å². The van der Waals surface area contributed by atoms with E-state index in [9.17, 15) is 9.90 Å². The predicted molar refractivity (Wildman–Crippen MR) is 52.6 cm³/mol. The van der Waals surface area contributed by atoms with Crippen LogP contribution in [0.3, 0.4) is 0 Å². The first-order valence-corrected chi connectivity index (χ1v) is 4.73. The minimum atomic E-state index is -0.575. The van der Waals surface area contributed by atoms with E-state index in [1.807, 2.05) is 0 Å². The fourth-order valence-corrected chi connectivity index (χ4v) is 1.25. The number of halogens is 1. The molecule has 0 amide bonds. The van der Waals surface area contributed by atoms with Crippen molar-refractivity contribution >= 4 is 15.9 Å². The molecule has 0 saturated heterocycles. The van der Waals surface area contributed by atoms with Crippen molar-refractivity contribution in [2.45, 2.75) is 26.0 Å². The molecule has 5 heteroatoms. The van der Waals surface area contributed by atoms with E-state index in [0.717, 1.165) is 0 Å². The Hall–Kier alpha value is -0.680. The number of aliphatic hydroxyl groups is 1. The highest BCUT2D eigenvalue weighted by molar-refractivity contribution is 9.10. The summed E-state index contributed by atoms with van der Waals surface area (Å²) in [6.07, 6.45) is 2.28. The maximum absolute atomic E-state index is 11.5. The summed E-state index contributed by atoms with van der Waals surface area (Å²) in [6.45, 7) is 3.40. The predicted octanol–water partition coefficient (Wildman–Crippen LogP) is 0.948. The monoisotopic (exact) mass is 246 g/mol. The Morgan fingerprint density at radius 3 is 2.77 bits per heavy atom. The second-order valence-corrected chi connectivity index (χ2v) is 3.79. The Labute approximate surface area is 84.4 Å². The van der Waals surface area contributed by atoms with Gasteiger partial charge in [0.05, 0.1) is 18.5 Å². The van der Waals surface area contributed by atoms with E-state index >= 15 is 0 Å². The molecule has 0 radical (unpaired) electrons. The van der Waals surface area contributed by atoms with E-state index in [1.54, 1.807) is 13.8 Å². The SMILES string of the molecule is CC(O)C(C)n1cncc(Br)c1=O. The molecule has 0 aliphatic rings. The number of hydrogen-bond acceptors (Lipinski definition) is 3. The molecule has 2 atom stereocenters. The molecule has 72 valence electrons. The molecule has 2 unspecified atom stereocenters. The minimum Gasteiger partial charge on any atom is -0.391 e. The quantitative estimate of drug-likeness (QED) is 0.846. The Morgan fingerprint density at radius 1 is 1.62 bits per heavy atom. The Kier molecular flexibility index (Phi) is 3.22. The van der Waals surface area contributed by atoms with Gasteiger partial charge in [-0.3, -0.25) is 9.36 Å². The summed E-state index contributed by atoms with van der Waals surface area (Å²) in [5, 5.41) is 9.29. The summed E-state index contributed by atoms with van der Waals surface area (Å²) in [5.74, 6) is 0. The number of nitrogens with zero attached hydrogens (tertiary/aromatic N) is 2. The average Bonchev–Trinajstić information content (AvgIpc) is 2.08. The zero-order valence-corrected chi connectivity index (χ0v) is 9.02. The molecule has 0 bridgehead atoms. The van der Waals surface area contributed by atoms with Crippen molar-refractivity contribution in [3.63, 3.8) is 0 Å². The molecule has 0 aliphatic carbocycles. The highest BCUT2D eigenvalue weighted by atomic mass is 79.9. The second-order valence-electron chi connectivity index (χ2n) is 2.94. The maximum atomic E-state index is 11.5. The van der Waals surface area contributed by atoms with Gasteiger partial charge in [0.15, 0.2) is 0 Å². The van der Waals surface area contributed by atoms with Gasteiger partial charge in [0.2, 0.25) is 0 Å². The van der Waals surface area contributed by atoms with Crippen LogP contribution in [0.25, 0.3) is 0 Å². The molecule has 0 aliphatic heterocycles. The third kappa shape index (κ3) is 2.16. The third-order valence-corrected chi connectivity index (χ3v) is 2.50. The first-order valence-electron chi connectivity index (χ1n) is 3.93. The van der Waals surface area contributed by atoms with E-state index < -0.39 is 6.10 Å². The summed E-state index contributed by atoms with van der Waals surface area (Å²) in [4.78, 5) is 15.3. The third-order valence-electron chi connectivity index (χ3n) is 1.95. The lowest BCUT2D eigenvalue weighted by Crippen LogP contribution is -2.29. The van der Waals surface area contributed by atoms with E-state index in [0.29, 0.717) is 4.47 Å².